The van der Waals surface area contributed by atoms with Gasteiger partial charge >= 0.3 is 5.97 Å². The summed E-state index contributed by atoms with van der Waals surface area (Å²) in [4.78, 5) is 11.9. The van der Waals surface area contributed by atoms with E-state index in [4.69, 9.17) is 42.6 Å². The van der Waals surface area contributed by atoms with Crippen molar-refractivity contribution < 1.29 is 52.5 Å². The van der Waals surface area contributed by atoms with E-state index in [0.717, 1.165) is 11.1 Å². The Morgan fingerprint density at radius 2 is 0.982 bits per heavy atom. The van der Waals surface area contributed by atoms with Crippen LogP contribution in [0.2, 0.25) is 0 Å². The number of phenolic OH excluding ortho intramolecular Hbond substituents is 1. The van der Waals surface area contributed by atoms with Crippen molar-refractivity contribution >= 4 is 5.97 Å². The molecule has 11 nitrogen and oxygen atoms in total. The molecule has 0 aliphatic rings. The van der Waals surface area contributed by atoms with E-state index in [-0.39, 0.29) is 30.3 Å². The summed E-state index contributed by atoms with van der Waals surface area (Å²) in [6.07, 6.45) is 0.147. The molecule has 0 fully saturated rings. The third-order valence-electron chi connectivity index (χ3n) is 7.40. The molecule has 1 N–H and O–H groups in total. The van der Waals surface area contributed by atoms with Gasteiger partial charge in [-0.1, -0.05) is 30.6 Å². The minimum Gasteiger partial charge on any atom is -0.506 e. The van der Waals surface area contributed by atoms with Crippen molar-refractivity contribution in [3.8, 4) is 81.2 Å². The molecule has 298 valence electrons. The van der Waals surface area contributed by atoms with Crippen molar-refractivity contribution in [3.05, 3.63) is 82.9 Å². The molecule has 0 bridgehead atoms. The predicted molar refractivity (Wildman–Crippen MR) is 215 cm³/mol. The number of aromatic hydroxyl groups is 1. The molecule has 0 aliphatic heterocycles. The second-order valence-electron chi connectivity index (χ2n) is 12.3. The maximum absolute atomic E-state index is 11.9. The summed E-state index contributed by atoms with van der Waals surface area (Å²) in [5.74, 6) is 16.6. The summed E-state index contributed by atoms with van der Waals surface area (Å²) in [5.41, 5.74) is 2.44. The van der Waals surface area contributed by atoms with Crippen LogP contribution in [-0.4, -0.2) is 64.9 Å². The first-order valence-corrected chi connectivity index (χ1v) is 18.2. The fourth-order valence-electron chi connectivity index (χ4n) is 4.90. The lowest BCUT2D eigenvalue weighted by molar-refractivity contribution is -0.134. The first kappa shape index (κ1) is 44.1. The van der Waals surface area contributed by atoms with Gasteiger partial charge in [-0.05, 0) is 77.9 Å². The first-order chi connectivity index (χ1) is 26.9. The minimum atomic E-state index is -0.359. The minimum absolute atomic E-state index is 0.0310. The van der Waals surface area contributed by atoms with E-state index >= 15 is 0 Å². The van der Waals surface area contributed by atoms with Crippen LogP contribution in [0.15, 0.2) is 60.7 Å². The van der Waals surface area contributed by atoms with Gasteiger partial charge in [-0.25, -0.2) is 0 Å². The molecule has 11 heteroatoms. The van der Waals surface area contributed by atoms with Gasteiger partial charge in [0.05, 0.1) is 65.0 Å². The normalized spacial score (nSPS) is 10.1. The van der Waals surface area contributed by atoms with E-state index in [1.807, 2.05) is 53.7 Å². The number of hydrogen-bond acceptors (Lipinski definition) is 11. The van der Waals surface area contributed by atoms with Gasteiger partial charge in [0.25, 0.3) is 0 Å². The molecule has 0 unspecified atom stereocenters. The fourth-order valence-corrected chi connectivity index (χ4v) is 4.90. The Kier molecular flexibility index (Phi) is 17.4. The number of hydrogen-bond donors (Lipinski definition) is 1. The number of carbonyl (C=O) groups is 1. The smallest absolute Gasteiger partial charge is 0.310 e. The molecule has 0 amide bonds. The van der Waals surface area contributed by atoms with Gasteiger partial charge in [0, 0.05) is 41.8 Å². The lowest BCUT2D eigenvalue weighted by atomic mass is 10.1. The molecule has 0 aromatic heterocycles. The molecule has 4 rings (SSSR count). The van der Waals surface area contributed by atoms with E-state index in [9.17, 15) is 9.90 Å². The standard InChI is InChI=1S/C24H28O6.C21H24O5/c1-7-24(25)30-20-15-23(29-16(3)4)21(27-6)14-18(20)11-9-17-10-12-19(26-5)22(13-17)28-8-2;1-6-25-20-11-15(8-10-18(20)23-4)7-9-16-12-19(24-5)21(13-17(16)22)26-14(2)3/h10,12-16H,7-8H2,1-6H3;8,10-14,22H,6H2,1-5H3. The lowest BCUT2D eigenvalue weighted by Crippen LogP contribution is -2.10. The average molecular weight is 769 g/mol. The number of esters is 1. The summed E-state index contributed by atoms with van der Waals surface area (Å²) in [6, 6.07) is 17.4. The van der Waals surface area contributed by atoms with Gasteiger partial charge in [-0.2, -0.15) is 0 Å². The maximum Gasteiger partial charge on any atom is 0.310 e. The highest BCUT2D eigenvalue weighted by Gasteiger charge is 2.16. The molecular formula is C45H52O11. The van der Waals surface area contributed by atoms with Crippen LogP contribution in [0.1, 0.15) is 77.1 Å². The summed E-state index contributed by atoms with van der Waals surface area (Å²) >= 11 is 0. The number of ether oxygens (including phenoxy) is 9. The number of carbonyl (C=O) groups excluding carboxylic acids is 1. The van der Waals surface area contributed by atoms with Crippen molar-refractivity contribution in [2.45, 2.75) is 67.1 Å². The molecular weight excluding hydrogens is 716 g/mol. The van der Waals surface area contributed by atoms with Crippen LogP contribution in [-0.2, 0) is 4.79 Å². The van der Waals surface area contributed by atoms with E-state index in [0.29, 0.717) is 76.1 Å². The Labute approximate surface area is 330 Å². The van der Waals surface area contributed by atoms with E-state index < -0.39 is 0 Å². The molecule has 4 aromatic rings. The van der Waals surface area contributed by atoms with Gasteiger partial charge in [-0.3, -0.25) is 4.79 Å². The monoisotopic (exact) mass is 768 g/mol. The Morgan fingerprint density at radius 3 is 1.41 bits per heavy atom. The molecule has 0 heterocycles. The van der Waals surface area contributed by atoms with Gasteiger partial charge in [0.15, 0.2) is 46.0 Å². The first-order valence-electron chi connectivity index (χ1n) is 18.2. The summed E-state index contributed by atoms with van der Waals surface area (Å²) in [6.45, 7) is 14.2. The molecule has 56 heavy (non-hydrogen) atoms. The molecule has 0 saturated carbocycles. The van der Waals surface area contributed by atoms with Crippen molar-refractivity contribution in [3.63, 3.8) is 0 Å². The fraction of sp³-hybridized carbons (Fsp3) is 0.356. The second kappa shape index (κ2) is 22.1. The second-order valence-corrected chi connectivity index (χ2v) is 12.3. The van der Waals surface area contributed by atoms with Crippen LogP contribution in [0.4, 0.5) is 0 Å². The van der Waals surface area contributed by atoms with Crippen molar-refractivity contribution in [2.24, 2.45) is 0 Å². The molecule has 0 aliphatic carbocycles. The van der Waals surface area contributed by atoms with E-state index in [1.165, 1.54) is 6.07 Å². The summed E-state index contributed by atoms with van der Waals surface area (Å²) in [5, 5.41) is 10.2. The van der Waals surface area contributed by atoms with Crippen LogP contribution >= 0.6 is 0 Å². The zero-order valence-electron chi connectivity index (χ0n) is 34.1. The van der Waals surface area contributed by atoms with Crippen molar-refractivity contribution in [1.82, 2.24) is 0 Å². The Hall–Kier alpha value is -6.33. The highest BCUT2D eigenvalue weighted by Crippen LogP contribution is 2.37. The summed E-state index contributed by atoms with van der Waals surface area (Å²) < 4.78 is 49.4. The number of benzene rings is 4. The zero-order valence-corrected chi connectivity index (χ0v) is 34.1. The number of methoxy groups -OCH3 is 4. The molecule has 0 spiro atoms. The van der Waals surface area contributed by atoms with Gasteiger partial charge < -0.3 is 47.7 Å². The summed E-state index contributed by atoms with van der Waals surface area (Å²) in [7, 11) is 6.28. The van der Waals surface area contributed by atoms with Crippen molar-refractivity contribution in [1.29, 1.82) is 0 Å². The molecule has 0 radical (unpaired) electrons. The van der Waals surface area contributed by atoms with E-state index in [2.05, 4.69) is 23.7 Å². The van der Waals surface area contributed by atoms with E-state index in [1.54, 1.807) is 77.8 Å². The van der Waals surface area contributed by atoms with Crippen molar-refractivity contribution in [2.75, 3.05) is 41.7 Å². The third-order valence-corrected chi connectivity index (χ3v) is 7.40. The molecule has 4 aromatic carbocycles. The predicted octanol–water partition coefficient (Wildman–Crippen LogP) is 8.60. The topological polar surface area (TPSA) is 120 Å². The third kappa shape index (κ3) is 12.9. The maximum atomic E-state index is 11.9. The highest BCUT2D eigenvalue weighted by atomic mass is 16.5. The Bertz CT molecular complexity index is 2050. The molecule has 0 saturated heterocycles. The Balaban J connectivity index is 0.000000303. The Morgan fingerprint density at radius 1 is 0.536 bits per heavy atom. The zero-order chi connectivity index (χ0) is 41.2. The van der Waals surface area contributed by atoms with Crippen LogP contribution in [0, 0.1) is 23.7 Å². The molecule has 0 atom stereocenters. The van der Waals surface area contributed by atoms with Crippen LogP contribution in [0.3, 0.4) is 0 Å². The number of rotatable bonds is 14. The van der Waals surface area contributed by atoms with Crippen LogP contribution in [0.25, 0.3) is 0 Å². The quantitative estimate of drug-likeness (QED) is 0.0755. The average Bonchev–Trinajstić information content (AvgIpc) is 3.17. The van der Waals surface area contributed by atoms with Crippen LogP contribution < -0.4 is 42.6 Å². The highest BCUT2D eigenvalue weighted by molar-refractivity contribution is 5.74. The SMILES string of the molecule is CCOc1cc(C#Cc2cc(OC)c(OC(C)C)cc2O)ccc1OC.CCOc1cc(C#Cc2cc(OC)c(OC(C)C)cc2OC(=O)CC)ccc1OC. The largest absolute Gasteiger partial charge is 0.506 e. The van der Waals surface area contributed by atoms with Gasteiger partial charge in [0.1, 0.15) is 11.5 Å². The number of phenols is 1. The van der Waals surface area contributed by atoms with Gasteiger partial charge in [-0.15, -0.1) is 0 Å². The van der Waals surface area contributed by atoms with Gasteiger partial charge in [0.2, 0.25) is 0 Å². The van der Waals surface area contributed by atoms with Crippen LogP contribution in [0.5, 0.6) is 57.5 Å². The lowest BCUT2D eigenvalue weighted by Gasteiger charge is -2.16.